The van der Waals surface area contributed by atoms with Gasteiger partial charge in [0.05, 0.1) is 0 Å². The third-order valence-corrected chi connectivity index (χ3v) is 2.08. The lowest BCUT2D eigenvalue weighted by Gasteiger charge is -2.07. The molecule has 102 valence electrons. The Hall–Kier alpha value is -1.37. The van der Waals surface area contributed by atoms with Crippen LogP contribution < -0.4 is 5.32 Å². The van der Waals surface area contributed by atoms with Crippen LogP contribution in [0.15, 0.2) is 12.1 Å². The highest BCUT2D eigenvalue weighted by Crippen LogP contribution is 2.26. The first-order chi connectivity index (χ1) is 8.54. The molecule has 0 saturated carbocycles. The monoisotopic (exact) mass is 263 g/mol. The minimum Gasteiger partial charge on any atom is -0.381 e. The van der Waals surface area contributed by atoms with Gasteiger partial charge in [-0.2, -0.15) is 13.2 Å². The number of nitrogens with one attached hydrogen (secondary N) is 1. The summed E-state index contributed by atoms with van der Waals surface area (Å²) in [6.45, 7) is 3.95. The molecule has 0 bridgehead atoms. The summed E-state index contributed by atoms with van der Waals surface area (Å²) >= 11 is 0. The first-order valence-corrected chi connectivity index (χ1v) is 5.76. The Kier molecular flexibility index (Phi) is 5.84. The number of hydrogen-bond acceptors (Lipinski definition) is 4. The normalized spacial score (nSPS) is 11.6. The van der Waals surface area contributed by atoms with E-state index in [1.807, 2.05) is 6.92 Å². The molecule has 1 aromatic rings. The number of halogens is 3. The van der Waals surface area contributed by atoms with Gasteiger partial charge in [0, 0.05) is 19.8 Å². The highest BCUT2D eigenvalue weighted by Gasteiger charge is 2.32. The van der Waals surface area contributed by atoms with E-state index in [0.717, 1.165) is 25.5 Å². The zero-order valence-electron chi connectivity index (χ0n) is 10.1. The summed E-state index contributed by atoms with van der Waals surface area (Å²) in [4.78, 5) is 0. The maximum Gasteiger partial charge on any atom is 0.435 e. The fourth-order valence-corrected chi connectivity index (χ4v) is 1.21. The standard InChI is InChI=1S/C11H16F3N3O/c1-2-7-18-8-3-6-15-10-5-4-9(16-17-10)11(12,13)14/h4-5H,2-3,6-8H2,1H3,(H,15,17). The molecule has 1 N–H and O–H groups in total. The number of rotatable bonds is 7. The van der Waals surface area contributed by atoms with Crippen molar-refractivity contribution < 1.29 is 17.9 Å². The van der Waals surface area contributed by atoms with Gasteiger partial charge < -0.3 is 10.1 Å². The van der Waals surface area contributed by atoms with Crippen molar-refractivity contribution in [2.45, 2.75) is 25.9 Å². The van der Waals surface area contributed by atoms with Crippen LogP contribution in [0, 0.1) is 0 Å². The van der Waals surface area contributed by atoms with E-state index < -0.39 is 11.9 Å². The molecule has 0 spiro atoms. The maximum absolute atomic E-state index is 12.2. The third kappa shape index (κ3) is 5.31. The fraction of sp³-hybridized carbons (Fsp3) is 0.636. The number of anilines is 1. The Morgan fingerprint density at radius 2 is 2.00 bits per heavy atom. The second-order valence-electron chi connectivity index (χ2n) is 3.69. The highest BCUT2D eigenvalue weighted by atomic mass is 19.4. The average molecular weight is 263 g/mol. The Bertz CT molecular complexity index is 340. The Morgan fingerprint density at radius 1 is 1.22 bits per heavy atom. The second kappa shape index (κ2) is 7.15. The van der Waals surface area contributed by atoms with Crippen molar-refractivity contribution in [1.82, 2.24) is 10.2 Å². The number of aromatic nitrogens is 2. The quantitative estimate of drug-likeness (QED) is 0.768. The van der Waals surface area contributed by atoms with Crippen molar-refractivity contribution in [1.29, 1.82) is 0 Å². The molecule has 7 heteroatoms. The topological polar surface area (TPSA) is 47.0 Å². The van der Waals surface area contributed by atoms with E-state index in [1.54, 1.807) is 0 Å². The maximum atomic E-state index is 12.2. The molecule has 0 unspecified atom stereocenters. The fourth-order valence-electron chi connectivity index (χ4n) is 1.21. The van der Waals surface area contributed by atoms with Gasteiger partial charge in [-0.3, -0.25) is 0 Å². The molecule has 0 aliphatic carbocycles. The SMILES string of the molecule is CCCOCCCNc1ccc(C(F)(F)F)nn1. The molecule has 0 atom stereocenters. The molecule has 0 aliphatic heterocycles. The van der Waals surface area contributed by atoms with E-state index >= 15 is 0 Å². The van der Waals surface area contributed by atoms with Gasteiger partial charge in [-0.05, 0) is 25.0 Å². The lowest BCUT2D eigenvalue weighted by molar-refractivity contribution is -0.141. The zero-order valence-corrected chi connectivity index (χ0v) is 10.1. The minimum absolute atomic E-state index is 0.332. The summed E-state index contributed by atoms with van der Waals surface area (Å²) in [5.74, 6) is 0.332. The van der Waals surface area contributed by atoms with Crippen LogP contribution in [0.4, 0.5) is 19.0 Å². The van der Waals surface area contributed by atoms with Crippen LogP contribution in [-0.4, -0.2) is 30.0 Å². The molecule has 1 aromatic heterocycles. The van der Waals surface area contributed by atoms with Crippen molar-refractivity contribution in [3.63, 3.8) is 0 Å². The van der Waals surface area contributed by atoms with Crippen LogP contribution in [0.5, 0.6) is 0 Å². The Morgan fingerprint density at radius 3 is 2.56 bits per heavy atom. The molecule has 0 radical (unpaired) electrons. The largest absolute Gasteiger partial charge is 0.435 e. The number of ether oxygens (including phenoxy) is 1. The van der Waals surface area contributed by atoms with Crippen LogP contribution in [0.25, 0.3) is 0 Å². The predicted molar refractivity (Wildman–Crippen MR) is 61.3 cm³/mol. The van der Waals surface area contributed by atoms with Gasteiger partial charge in [-0.15, -0.1) is 10.2 Å². The zero-order chi connectivity index (χ0) is 13.4. The van der Waals surface area contributed by atoms with Crippen LogP contribution in [0.2, 0.25) is 0 Å². The van der Waals surface area contributed by atoms with Crippen LogP contribution in [0.3, 0.4) is 0 Å². The molecule has 1 heterocycles. The lowest BCUT2D eigenvalue weighted by Crippen LogP contribution is -2.11. The number of nitrogens with zero attached hydrogens (tertiary/aromatic N) is 2. The van der Waals surface area contributed by atoms with Gasteiger partial charge in [-0.25, -0.2) is 0 Å². The van der Waals surface area contributed by atoms with Gasteiger partial charge in [0.25, 0.3) is 0 Å². The summed E-state index contributed by atoms with van der Waals surface area (Å²) in [6, 6.07) is 2.17. The molecule has 1 rings (SSSR count). The van der Waals surface area contributed by atoms with Crippen LogP contribution in [-0.2, 0) is 10.9 Å². The smallest absolute Gasteiger partial charge is 0.381 e. The molecule has 4 nitrogen and oxygen atoms in total. The van der Waals surface area contributed by atoms with E-state index in [-0.39, 0.29) is 0 Å². The highest BCUT2D eigenvalue weighted by molar-refractivity contribution is 5.33. The van der Waals surface area contributed by atoms with Crippen molar-refractivity contribution in [2.75, 3.05) is 25.1 Å². The Labute approximate surface area is 104 Å². The minimum atomic E-state index is -4.44. The Balaban J connectivity index is 2.27. The van der Waals surface area contributed by atoms with Crippen molar-refractivity contribution in [2.24, 2.45) is 0 Å². The van der Waals surface area contributed by atoms with Crippen molar-refractivity contribution in [3.05, 3.63) is 17.8 Å². The van der Waals surface area contributed by atoms with E-state index in [2.05, 4.69) is 15.5 Å². The van der Waals surface area contributed by atoms with E-state index in [1.165, 1.54) is 6.07 Å². The molecular weight excluding hydrogens is 247 g/mol. The summed E-state index contributed by atoms with van der Waals surface area (Å²) in [5.41, 5.74) is -0.987. The molecule has 18 heavy (non-hydrogen) atoms. The van der Waals surface area contributed by atoms with E-state index in [0.29, 0.717) is 19.0 Å². The summed E-state index contributed by atoms with van der Waals surface area (Å²) in [5, 5.41) is 9.45. The first kappa shape index (κ1) is 14.7. The van der Waals surface area contributed by atoms with Gasteiger partial charge in [0.15, 0.2) is 5.69 Å². The average Bonchev–Trinajstić information content (AvgIpc) is 2.33. The van der Waals surface area contributed by atoms with E-state index in [4.69, 9.17) is 4.74 Å². The number of alkyl halides is 3. The summed E-state index contributed by atoms with van der Waals surface area (Å²) in [6.07, 6.45) is -2.71. The molecule has 0 aromatic carbocycles. The van der Waals surface area contributed by atoms with Gasteiger partial charge in [0.2, 0.25) is 0 Å². The lowest BCUT2D eigenvalue weighted by atomic mass is 10.3. The molecule has 0 aliphatic rings. The van der Waals surface area contributed by atoms with E-state index in [9.17, 15) is 13.2 Å². The van der Waals surface area contributed by atoms with Crippen molar-refractivity contribution in [3.8, 4) is 0 Å². The molecule has 0 amide bonds. The second-order valence-corrected chi connectivity index (χ2v) is 3.69. The summed E-state index contributed by atoms with van der Waals surface area (Å²) in [7, 11) is 0. The first-order valence-electron chi connectivity index (χ1n) is 5.76. The molecular formula is C11H16F3N3O. The molecule has 0 fully saturated rings. The van der Waals surface area contributed by atoms with Crippen LogP contribution >= 0.6 is 0 Å². The van der Waals surface area contributed by atoms with Gasteiger partial charge in [-0.1, -0.05) is 6.92 Å². The molecule has 0 saturated heterocycles. The van der Waals surface area contributed by atoms with Crippen LogP contribution in [0.1, 0.15) is 25.5 Å². The summed E-state index contributed by atoms with van der Waals surface area (Å²) < 4.78 is 41.9. The van der Waals surface area contributed by atoms with Gasteiger partial charge >= 0.3 is 6.18 Å². The van der Waals surface area contributed by atoms with Gasteiger partial charge in [0.1, 0.15) is 5.82 Å². The van der Waals surface area contributed by atoms with Crippen molar-refractivity contribution >= 4 is 5.82 Å². The predicted octanol–water partition coefficient (Wildman–Crippen LogP) is 2.72. The number of hydrogen-bond donors (Lipinski definition) is 1. The third-order valence-electron chi connectivity index (χ3n) is 2.08.